The molecule has 2 aliphatic heterocycles. The molecule has 32 heavy (non-hydrogen) atoms. The molecule has 0 spiro atoms. The van der Waals surface area contributed by atoms with Crippen molar-refractivity contribution in [3.63, 3.8) is 0 Å². The lowest BCUT2D eigenvalue weighted by Gasteiger charge is -2.39. The Balaban J connectivity index is 1.12. The van der Waals surface area contributed by atoms with Crippen LogP contribution in [0, 0.1) is 18.7 Å². The van der Waals surface area contributed by atoms with Crippen molar-refractivity contribution in [2.75, 3.05) is 44.2 Å². The minimum Gasteiger partial charge on any atom is -0.366 e. The molecular weight excluding hydrogens is 405 g/mol. The van der Waals surface area contributed by atoms with Gasteiger partial charge in [-0.25, -0.2) is 9.37 Å². The van der Waals surface area contributed by atoms with Crippen LogP contribution in [-0.4, -0.2) is 64.9 Å². The van der Waals surface area contributed by atoms with Gasteiger partial charge in [-0.05, 0) is 62.7 Å². The van der Waals surface area contributed by atoms with Gasteiger partial charge < -0.3 is 14.8 Å². The normalized spacial score (nSPS) is 18.4. The van der Waals surface area contributed by atoms with E-state index in [9.17, 15) is 9.18 Å². The van der Waals surface area contributed by atoms with Crippen molar-refractivity contribution in [1.29, 1.82) is 0 Å². The first-order valence-corrected chi connectivity index (χ1v) is 11.5. The summed E-state index contributed by atoms with van der Waals surface area (Å²) in [5, 5.41) is 0. The first-order valence-electron chi connectivity index (χ1n) is 11.5. The molecule has 6 nitrogen and oxygen atoms in total. The monoisotopic (exact) mass is 435 g/mol. The number of para-hydroxylation sites is 1. The smallest absolute Gasteiger partial charge is 0.225 e. The molecule has 0 bridgehead atoms. The molecule has 0 unspecified atom stereocenters. The molecule has 0 aliphatic carbocycles. The quantitative estimate of drug-likeness (QED) is 0.681. The maximum absolute atomic E-state index is 14.1. The molecule has 2 aliphatic rings. The summed E-state index contributed by atoms with van der Waals surface area (Å²) in [6.07, 6.45) is 1.76. The molecule has 1 aromatic heterocycles. The predicted molar refractivity (Wildman–Crippen MR) is 124 cm³/mol. The maximum Gasteiger partial charge on any atom is 0.225 e. The summed E-state index contributed by atoms with van der Waals surface area (Å²) in [5.41, 5.74) is 3.94. The molecule has 5 rings (SSSR count). The lowest BCUT2D eigenvalue weighted by molar-refractivity contribution is -0.137. The largest absolute Gasteiger partial charge is 0.366 e. The summed E-state index contributed by atoms with van der Waals surface area (Å²) in [6.45, 7) is 7.35. The highest BCUT2D eigenvalue weighted by Gasteiger charge is 2.31. The Bertz CT molecular complexity index is 1100. The summed E-state index contributed by atoms with van der Waals surface area (Å²) >= 11 is 0. The van der Waals surface area contributed by atoms with Crippen molar-refractivity contribution in [2.45, 2.75) is 26.3 Å². The third kappa shape index (κ3) is 4.35. The molecule has 2 saturated heterocycles. The van der Waals surface area contributed by atoms with E-state index in [2.05, 4.69) is 35.0 Å². The van der Waals surface area contributed by atoms with Crippen LogP contribution in [-0.2, 0) is 11.3 Å². The predicted octanol–water partition coefficient (Wildman–Crippen LogP) is 3.57. The average molecular weight is 436 g/mol. The number of piperazine rings is 1. The second-order valence-corrected chi connectivity index (χ2v) is 9.02. The second-order valence-electron chi connectivity index (χ2n) is 9.02. The zero-order chi connectivity index (χ0) is 22.1. The number of likely N-dealkylation sites (tertiary alicyclic amines) is 1. The maximum atomic E-state index is 14.1. The highest BCUT2D eigenvalue weighted by molar-refractivity contribution is 5.79. The number of benzene rings is 2. The van der Waals surface area contributed by atoms with Crippen molar-refractivity contribution < 1.29 is 9.18 Å². The number of nitrogens with one attached hydrogen (secondary N) is 1. The number of piperidine rings is 1. The molecule has 2 fully saturated rings. The standard InChI is InChI=1S/C25H30FN5O/c1-18-6-7-21-22(16-18)28-24(27-21)17-29-10-8-19(9-11-29)25(32)31-14-12-30(13-15-31)23-5-3-2-4-20(23)26/h2-7,16,19H,8-15,17H2,1H3,(H,27,28). The molecule has 3 aromatic rings. The van der Waals surface area contributed by atoms with Crippen LogP contribution >= 0.6 is 0 Å². The van der Waals surface area contributed by atoms with Crippen LogP contribution in [0.4, 0.5) is 10.1 Å². The summed E-state index contributed by atoms with van der Waals surface area (Å²) in [5.74, 6) is 1.14. The van der Waals surface area contributed by atoms with Crippen LogP contribution in [0.2, 0.25) is 0 Å². The van der Waals surface area contributed by atoms with Crippen molar-refractivity contribution in [2.24, 2.45) is 5.92 Å². The molecule has 1 amide bonds. The Hall–Kier alpha value is -2.93. The molecule has 2 aromatic carbocycles. The van der Waals surface area contributed by atoms with E-state index in [1.807, 2.05) is 21.9 Å². The average Bonchev–Trinajstić information content (AvgIpc) is 3.21. The Morgan fingerprint density at radius 1 is 1.06 bits per heavy atom. The Morgan fingerprint density at radius 2 is 1.81 bits per heavy atom. The number of amides is 1. The molecular formula is C25H30FN5O. The zero-order valence-electron chi connectivity index (χ0n) is 18.6. The lowest BCUT2D eigenvalue weighted by Crippen LogP contribution is -2.51. The van der Waals surface area contributed by atoms with Gasteiger partial charge in [-0.2, -0.15) is 0 Å². The number of carbonyl (C=O) groups excluding carboxylic acids is 1. The van der Waals surface area contributed by atoms with E-state index in [4.69, 9.17) is 4.98 Å². The Kier molecular flexibility index (Phi) is 5.83. The SMILES string of the molecule is Cc1ccc2nc(CN3CCC(C(=O)N4CCN(c5ccccc5F)CC4)CC3)[nH]c2c1. The number of fused-ring (bicyclic) bond motifs is 1. The van der Waals surface area contributed by atoms with Gasteiger partial charge in [0.2, 0.25) is 5.91 Å². The van der Waals surface area contributed by atoms with E-state index >= 15 is 0 Å². The van der Waals surface area contributed by atoms with Gasteiger partial charge in [0.15, 0.2) is 0 Å². The molecule has 7 heteroatoms. The molecule has 168 valence electrons. The van der Waals surface area contributed by atoms with E-state index < -0.39 is 0 Å². The van der Waals surface area contributed by atoms with Crippen LogP contribution in [0.3, 0.4) is 0 Å². The topological polar surface area (TPSA) is 55.5 Å². The number of imidazole rings is 1. The van der Waals surface area contributed by atoms with Gasteiger partial charge in [-0.3, -0.25) is 9.69 Å². The summed E-state index contributed by atoms with van der Waals surface area (Å²) in [6, 6.07) is 13.1. The Labute approximate surface area is 188 Å². The van der Waals surface area contributed by atoms with E-state index in [1.165, 1.54) is 11.6 Å². The number of aryl methyl sites for hydroxylation is 1. The van der Waals surface area contributed by atoms with Gasteiger partial charge in [0.25, 0.3) is 0 Å². The van der Waals surface area contributed by atoms with E-state index in [0.717, 1.165) is 49.3 Å². The number of aromatic nitrogens is 2. The molecule has 0 atom stereocenters. The van der Waals surface area contributed by atoms with Crippen molar-refractivity contribution in [1.82, 2.24) is 19.8 Å². The van der Waals surface area contributed by atoms with Gasteiger partial charge in [-0.1, -0.05) is 18.2 Å². The van der Waals surface area contributed by atoms with Gasteiger partial charge in [0.1, 0.15) is 11.6 Å². The molecule has 1 N–H and O–H groups in total. The molecule has 0 saturated carbocycles. The number of carbonyl (C=O) groups is 1. The fourth-order valence-corrected chi connectivity index (χ4v) is 4.94. The van der Waals surface area contributed by atoms with Crippen LogP contribution < -0.4 is 4.90 Å². The number of H-pyrrole nitrogens is 1. The second kappa shape index (κ2) is 8.90. The number of nitrogens with zero attached hydrogens (tertiary/aromatic N) is 4. The van der Waals surface area contributed by atoms with Crippen LogP contribution in [0.25, 0.3) is 11.0 Å². The number of aromatic amines is 1. The van der Waals surface area contributed by atoms with Crippen LogP contribution in [0.15, 0.2) is 42.5 Å². The number of rotatable bonds is 4. The van der Waals surface area contributed by atoms with Gasteiger partial charge in [-0.15, -0.1) is 0 Å². The van der Waals surface area contributed by atoms with Crippen molar-refractivity contribution in [3.8, 4) is 0 Å². The van der Waals surface area contributed by atoms with E-state index in [-0.39, 0.29) is 17.6 Å². The first-order chi connectivity index (χ1) is 15.6. The van der Waals surface area contributed by atoms with Crippen LogP contribution in [0.1, 0.15) is 24.2 Å². The fraction of sp³-hybridized carbons (Fsp3) is 0.440. The molecule has 0 radical (unpaired) electrons. The summed E-state index contributed by atoms with van der Waals surface area (Å²) in [7, 11) is 0. The van der Waals surface area contributed by atoms with Crippen molar-refractivity contribution in [3.05, 3.63) is 59.7 Å². The minimum absolute atomic E-state index is 0.0876. The zero-order valence-corrected chi connectivity index (χ0v) is 18.6. The van der Waals surface area contributed by atoms with E-state index in [0.29, 0.717) is 31.9 Å². The lowest BCUT2D eigenvalue weighted by atomic mass is 9.95. The fourth-order valence-electron chi connectivity index (χ4n) is 4.94. The van der Waals surface area contributed by atoms with Gasteiger partial charge >= 0.3 is 0 Å². The number of hydrogen-bond acceptors (Lipinski definition) is 4. The Morgan fingerprint density at radius 3 is 2.56 bits per heavy atom. The number of hydrogen-bond donors (Lipinski definition) is 1. The van der Waals surface area contributed by atoms with Crippen LogP contribution in [0.5, 0.6) is 0 Å². The van der Waals surface area contributed by atoms with Crippen molar-refractivity contribution >= 4 is 22.6 Å². The van der Waals surface area contributed by atoms with E-state index in [1.54, 1.807) is 6.07 Å². The third-order valence-electron chi connectivity index (χ3n) is 6.78. The summed E-state index contributed by atoms with van der Waals surface area (Å²) in [4.78, 5) is 27.6. The third-order valence-corrected chi connectivity index (χ3v) is 6.78. The van der Waals surface area contributed by atoms with Gasteiger partial charge in [0.05, 0.1) is 23.3 Å². The minimum atomic E-state index is -0.195. The highest BCUT2D eigenvalue weighted by atomic mass is 19.1. The first kappa shape index (κ1) is 20.9. The highest BCUT2D eigenvalue weighted by Crippen LogP contribution is 2.24. The summed E-state index contributed by atoms with van der Waals surface area (Å²) < 4.78 is 14.1. The number of halogens is 1. The van der Waals surface area contributed by atoms with Gasteiger partial charge in [0, 0.05) is 32.1 Å². The molecule has 3 heterocycles. The number of anilines is 1.